The number of aromatic nitrogens is 3. The summed E-state index contributed by atoms with van der Waals surface area (Å²) in [6.45, 7) is 2.02. The topological polar surface area (TPSA) is 59.8 Å². The number of benzene rings is 4. The van der Waals surface area contributed by atoms with E-state index >= 15 is 0 Å². The molecule has 5 nitrogen and oxygen atoms in total. The Bertz CT molecular complexity index is 1440. The van der Waals surface area contributed by atoms with Gasteiger partial charge in [-0.05, 0) is 60.2 Å². The van der Waals surface area contributed by atoms with E-state index in [1.54, 1.807) is 4.68 Å². The van der Waals surface area contributed by atoms with Crippen LogP contribution in [0.5, 0.6) is 0 Å². The van der Waals surface area contributed by atoms with E-state index < -0.39 is 0 Å². The van der Waals surface area contributed by atoms with Crippen LogP contribution in [0.4, 0.5) is 5.69 Å². The Morgan fingerprint density at radius 3 is 2.44 bits per heavy atom. The predicted octanol–water partition coefficient (Wildman–Crippen LogP) is 6.41. The Kier molecular flexibility index (Phi) is 5.29. The van der Waals surface area contributed by atoms with Crippen LogP contribution in [0.2, 0.25) is 0 Å². The molecular formula is C26H19BrN4O. The number of carbonyl (C=O) groups is 1. The summed E-state index contributed by atoms with van der Waals surface area (Å²) in [5.74, 6) is 0.363. The number of anilines is 1. The highest BCUT2D eigenvalue weighted by molar-refractivity contribution is 9.10. The van der Waals surface area contributed by atoms with Crippen molar-refractivity contribution in [3.8, 4) is 17.1 Å². The van der Waals surface area contributed by atoms with Crippen molar-refractivity contribution in [1.82, 2.24) is 14.8 Å². The Morgan fingerprint density at radius 1 is 0.875 bits per heavy atom. The van der Waals surface area contributed by atoms with Gasteiger partial charge in [0.15, 0.2) is 5.82 Å². The number of halogens is 1. The normalized spacial score (nSPS) is 10.9. The minimum Gasteiger partial charge on any atom is -0.319 e. The van der Waals surface area contributed by atoms with Crippen LogP contribution in [0.25, 0.3) is 27.8 Å². The first-order valence-corrected chi connectivity index (χ1v) is 11.0. The van der Waals surface area contributed by atoms with Crippen LogP contribution in [0, 0.1) is 6.92 Å². The van der Waals surface area contributed by atoms with Gasteiger partial charge in [-0.15, -0.1) is 5.10 Å². The number of nitrogens with zero attached hydrogens (tertiary/aromatic N) is 3. The van der Waals surface area contributed by atoms with E-state index in [-0.39, 0.29) is 11.7 Å². The average molecular weight is 483 g/mol. The van der Waals surface area contributed by atoms with Gasteiger partial charge in [0.25, 0.3) is 5.91 Å². The maximum atomic E-state index is 13.0. The van der Waals surface area contributed by atoms with Gasteiger partial charge in [-0.25, -0.2) is 9.67 Å². The van der Waals surface area contributed by atoms with Crippen molar-refractivity contribution in [2.75, 3.05) is 5.32 Å². The Hall–Kier alpha value is -3.77. The minimum absolute atomic E-state index is 0.109. The van der Waals surface area contributed by atoms with Gasteiger partial charge in [0.05, 0.1) is 5.69 Å². The smallest absolute Gasteiger partial charge is 0.295 e. The summed E-state index contributed by atoms with van der Waals surface area (Å²) in [6.07, 6.45) is 0. The van der Waals surface area contributed by atoms with Gasteiger partial charge in [0.1, 0.15) is 0 Å². The van der Waals surface area contributed by atoms with E-state index in [1.165, 1.54) is 0 Å². The molecule has 0 saturated heterocycles. The standard InChI is InChI=1S/C26H19BrN4O/c1-17-5-4-8-20(15-17)25-29-24(30-31(25)23-13-10-21(27)11-14-23)26(32)28-22-12-9-18-6-2-3-7-19(18)16-22/h2-16H,1H3,(H,28,32). The summed E-state index contributed by atoms with van der Waals surface area (Å²) in [7, 11) is 0. The Labute approximate surface area is 193 Å². The molecule has 0 saturated carbocycles. The van der Waals surface area contributed by atoms with Gasteiger partial charge in [-0.2, -0.15) is 0 Å². The fraction of sp³-hybridized carbons (Fsp3) is 0.0385. The fourth-order valence-electron chi connectivity index (χ4n) is 3.60. The number of rotatable bonds is 4. The van der Waals surface area contributed by atoms with Crippen molar-refractivity contribution in [3.05, 3.63) is 107 Å². The van der Waals surface area contributed by atoms with Crippen molar-refractivity contribution in [1.29, 1.82) is 0 Å². The van der Waals surface area contributed by atoms with E-state index in [1.807, 2.05) is 97.9 Å². The maximum Gasteiger partial charge on any atom is 0.295 e. The quantitative estimate of drug-likeness (QED) is 0.321. The van der Waals surface area contributed by atoms with Crippen molar-refractivity contribution >= 4 is 38.3 Å². The second kappa shape index (κ2) is 8.40. The van der Waals surface area contributed by atoms with Crippen molar-refractivity contribution in [3.63, 3.8) is 0 Å². The lowest BCUT2D eigenvalue weighted by molar-refractivity contribution is 0.101. The zero-order chi connectivity index (χ0) is 22.1. The molecular weight excluding hydrogens is 464 g/mol. The second-order valence-corrected chi connectivity index (χ2v) is 8.45. The third-order valence-electron chi connectivity index (χ3n) is 5.17. The molecule has 156 valence electrons. The van der Waals surface area contributed by atoms with Crippen molar-refractivity contribution in [2.24, 2.45) is 0 Å². The highest BCUT2D eigenvalue weighted by atomic mass is 79.9. The predicted molar refractivity (Wildman–Crippen MR) is 131 cm³/mol. The lowest BCUT2D eigenvalue weighted by Gasteiger charge is -2.06. The first-order chi connectivity index (χ1) is 15.6. The fourth-order valence-corrected chi connectivity index (χ4v) is 3.86. The molecule has 6 heteroatoms. The Balaban J connectivity index is 1.53. The van der Waals surface area contributed by atoms with E-state index in [4.69, 9.17) is 0 Å². The number of carbonyl (C=O) groups excluding carboxylic acids is 1. The number of aryl methyl sites for hydroxylation is 1. The summed E-state index contributed by atoms with van der Waals surface area (Å²) >= 11 is 3.46. The first-order valence-electron chi connectivity index (χ1n) is 10.2. The summed E-state index contributed by atoms with van der Waals surface area (Å²) in [6, 6.07) is 29.6. The van der Waals surface area contributed by atoms with Gasteiger partial charge >= 0.3 is 0 Å². The maximum absolute atomic E-state index is 13.0. The molecule has 1 amide bonds. The molecule has 0 radical (unpaired) electrons. The lowest BCUT2D eigenvalue weighted by Crippen LogP contribution is -2.14. The highest BCUT2D eigenvalue weighted by Gasteiger charge is 2.19. The van der Waals surface area contributed by atoms with Crippen LogP contribution in [0.3, 0.4) is 0 Å². The van der Waals surface area contributed by atoms with Crippen LogP contribution in [-0.4, -0.2) is 20.7 Å². The molecule has 32 heavy (non-hydrogen) atoms. The summed E-state index contributed by atoms with van der Waals surface area (Å²) in [4.78, 5) is 17.6. The summed E-state index contributed by atoms with van der Waals surface area (Å²) in [5.41, 5.74) is 3.52. The highest BCUT2D eigenvalue weighted by Crippen LogP contribution is 2.24. The molecule has 0 atom stereocenters. The molecule has 0 aliphatic rings. The van der Waals surface area contributed by atoms with Crippen molar-refractivity contribution in [2.45, 2.75) is 6.92 Å². The minimum atomic E-state index is -0.356. The molecule has 0 fully saturated rings. The molecule has 0 spiro atoms. The summed E-state index contributed by atoms with van der Waals surface area (Å²) in [5, 5.41) is 9.65. The molecule has 1 heterocycles. The summed E-state index contributed by atoms with van der Waals surface area (Å²) < 4.78 is 2.67. The van der Waals surface area contributed by atoms with Crippen LogP contribution in [0.15, 0.2) is 95.5 Å². The van der Waals surface area contributed by atoms with E-state index in [0.29, 0.717) is 11.5 Å². The average Bonchev–Trinajstić information content (AvgIpc) is 3.25. The number of nitrogens with one attached hydrogen (secondary N) is 1. The third-order valence-corrected chi connectivity index (χ3v) is 5.69. The molecule has 1 N–H and O–H groups in total. The van der Waals surface area contributed by atoms with Crippen LogP contribution in [0.1, 0.15) is 16.2 Å². The zero-order valence-electron chi connectivity index (χ0n) is 17.3. The van der Waals surface area contributed by atoms with Crippen molar-refractivity contribution < 1.29 is 4.79 Å². The lowest BCUT2D eigenvalue weighted by atomic mass is 10.1. The molecule has 0 bridgehead atoms. The first kappa shape index (κ1) is 20.2. The van der Waals surface area contributed by atoms with E-state index in [0.717, 1.165) is 32.1 Å². The number of hydrogen-bond acceptors (Lipinski definition) is 3. The van der Waals surface area contributed by atoms with Gasteiger partial charge < -0.3 is 5.32 Å². The zero-order valence-corrected chi connectivity index (χ0v) is 18.9. The largest absolute Gasteiger partial charge is 0.319 e. The monoisotopic (exact) mass is 482 g/mol. The number of hydrogen-bond donors (Lipinski definition) is 1. The van der Waals surface area contributed by atoms with E-state index in [2.05, 4.69) is 31.3 Å². The molecule has 4 aromatic carbocycles. The Morgan fingerprint density at radius 2 is 1.66 bits per heavy atom. The van der Waals surface area contributed by atoms with Crippen LogP contribution in [-0.2, 0) is 0 Å². The van der Waals surface area contributed by atoms with E-state index in [9.17, 15) is 4.79 Å². The molecule has 5 rings (SSSR count). The second-order valence-electron chi connectivity index (χ2n) is 7.53. The molecule has 1 aromatic heterocycles. The van der Waals surface area contributed by atoms with Gasteiger partial charge in [-0.1, -0.05) is 70.0 Å². The SMILES string of the molecule is Cc1cccc(-c2nc(C(=O)Nc3ccc4ccccc4c3)nn2-c2ccc(Br)cc2)c1. The van der Waals surface area contributed by atoms with Crippen LogP contribution < -0.4 is 5.32 Å². The van der Waals surface area contributed by atoms with Gasteiger partial charge in [0.2, 0.25) is 5.82 Å². The molecule has 0 aliphatic heterocycles. The third kappa shape index (κ3) is 4.05. The number of amides is 1. The molecule has 0 unspecified atom stereocenters. The van der Waals surface area contributed by atoms with Crippen LogP contribution >= 0.6 is 15.9 Å². The van der Waals surface area contributed by atoms with Gasteiger partial charge in [-0.3, -0.25) is 4.79 Å². The molecule has 5 aromatic rings. The molecule has 0 aliphatic carbocycles. The van der Waals surface area contributed by atoms with Gasteiger partial charge in [0, 0.05) is 15.7 Å². The number of fused-ring (bicyclic) bond motifs is 1.